The van der Waals surface area contributed by atoms with E-state index >= 15 is 0 Å². The Balaban J connectivity index is 0.00000147. The molecule has 1 aliphatic heterocycles. The zero-order valence-electron chi connectivity index (χ0n) is 11.5. The summed E-state index contributed by atoms with van der Waals surface area (Å²) in [5.74, 6) is 1.66. The van der Waals surface area contributed by atoms with Gasteiger partial charge in [0.05, 0.1) is 7.11 Å². The molecule has 0 amide bonds. The van der Waals surface area contributed by atoms with Gasteiger partial charge in [-0.3, -0.25) is 0 Å². The Hall–Kier alpha value is -1.62. The second kappa shape index (κ2) is 5.79. The highest BCUT2D eigenvalue weighted by atomic mass is 35.5. The number of hydrogen-bond acceptors (Lipinski definition) is 3. The molecule has 0 saturated carbocycles. The van der Waals surface area contributed by atoms with Crippen molar-refractivity contribution in [1.29, 1.82) is 0 Å². The molecule has 0 aromatic heterocycles. The molecule has 1 atom stereocenters. The fourth-order valence-electron chi connectivity index (χ4n) is 3.41. The number of hydrogen-bond donors (Lipinski definition) is 2. The molecule has 0 bridgehead atoms. The van der Waals surface area contributed by atoms with Gasteiger partial charge in [0.25, 0.3) is 0 Å². The molecule has 6 heteroatoms. The van der Waals surface area contributed by atoms with Gasteiger partial charge in [-0.1, -0.05) is 11.2 Å². The SMILES string of the molecule is COc1ccc2c3c1CCCC3CN(C(N)=NO)C2.Cl. The van der Waals surface area contributed by atoms with Gasteiger partial charge in [0, 0.05) is 19.0 Å². The molecule has 1 aromatic rings. The van der Waals surface area contributed by atoms with E-state index in [4.69, 9.17) is 15.7 Å². The maximum Gasteiger partial charge on any atom is 0.233 e. The maximum atomic E-state index is 8.85. The van der Waals surface area contributed by atoms with E-state index in [1.54, 1.807) is 7.11 Å². The first-order valence-electron chi connectivity index (χ1n) is 6.65. The van der Waals surface area contributed by atoms with Crippen LogP contribution in [0.4, 0.5) is 0 Å². The summed E-state index contributed by atoms with van der Waals surface area (Å²) < 4.78 is 5.48. The second-order valence-electron chi connectivity index (χ2n) is 5.25. The minimum absolute atomic E-state index is 0. The van der Waals surface area contributed by atoms with Crippen LogP contribution in [0.5, 0.6) is 5.75 Å². The Morgan fingerprint density at radius 2 is 2.30 bits per heavy atom. The standard InChI is InChI=1S/C14H19N3O2.ClH/c1-19-12-6-5-10-8-17(14(15)16-18)7-9-3-2-4-11(12)13(9)10;/h5-6,9,18H,2-4,7-8H2,1H3,(H2,15,16);1H. The summed E-state index contributed by atoms with van der Waals surface area (Å²) in [6.45, 7) is 1.53. The van der Waals surface area contributed by atoms with Crippen LogP contribution in [0.25, 0.3) is 0 Å². The fourth-order valence-corrected chi connectivity index (χ4v) is 3.41. The Labute approximate surface area is 124 Å². The Morgan fingerprint density at radius 3 is 3.00 bits per heavy atom. The summed E-state index contributed by atoms with van der Waals surface area (Å²) in [7, 11) is 1.73. The van der Waals surface area contributed by atoms with Crippen LogP contribution in [0.15, 0.2) is 17.3 Å². The van der Waals surface area contributed by atoms with Crippen molar-refractivity contribution in [2.75, 3.05) is 13.7 Å². The molecular weight excluding hydrogens is 278 g/mol. The number of guanidine groups is 1. The topological polar surface area (TPSA) is 71.1 Å². The van der Waals surface area contributed by atoms with Gasteiger partial charge in [0.2, 0.25) is 5.96 Å². The van der Waals surface area contributed by atoms with Crippen molar-refractivity contribution in [2.24, 2.45) is 10.9 Å². The number of oxime groups is 1. The number of nitrogens with two attached hydrogens (primary N) is 1. The lowest BCUT2D eigenvalue weighted by atomic mass is 9.77. The van der Waals surface area contributed by atoms with Crippen LogP contribution in [-0.2, 0) is 13.0 Å². The molecule has 1 heterocycles. The molecule has 0 fully saturated rings. The summed E-state index contributed by atoms with van der Waals surface area (Å²) in [4.78, 5) is 1.94. The van der Waals surface area contributed by atoms with Gasteiger partial charge >= 0.3 is 0 Å². The fraction of sp³-hybridized carbons (Fsp3) is 0.500. The summed E-state index contributed by atoms with van der Waals surface area (Å²) in [6, 6.07) is 4.14. The van der Waals surface area contributed by atoms with Crippen LogP contribution < -0.4 is 10.5 Å². The molecule has 110 valence electrons. The highest BCUT2D eigenvalue weighted by molar-refractivity contribution is 5.85. The molecule has 5 nitrogen and oxygen atoms in total. The third-order valence-electron chi connectivity index (χ3n) is 4.24. The number of nitrogens with zero attached hydrogens (tertiary/aromatic N) is 2. The average molecular weight is 298 g/mol. The number of rotatable bonds is 1. The van der Waals surface area contributed by atoms with E-state index in [2.05, 4.69) is 11.2 Å². The summed E-state index contributed by atoms with van der Waals surface area (Å²) in [5.41, 5.74) is 9.81. The largest absolute Gasteiger partial charge is 0.496 e. The van der Waals surface area contributed by atoms with Gasteiger partial charge < -0.3 is 20.6 Å². The summed E-state index contributed by atoms with van der Waals surface area (Å²) in [5, 5.41) is 12.0. The highest BCUT2D eigenvalue weighted by Crippen LogP contribution is 2.42. The van der Waals surface area contributed by atoms with Crippen molar-refractivity contribution < 1.29 is 9.94 Å². The summed E-state index contributed by atoms with van der Waals surface area (Å²) >= 11 is 0. The average Bonchev–Trinajstić information content (AvgIpc) is 2.47. The van der Waals surface area contributed by atoms with Crippen molar-refractivity contribution in [3.8, 4) is 5.75 Å². The van der Waals surface area contributed by atoms with Crippen LogP contribution in [-0.4, -0.2) is 29.7 Å². The van der Waals surface area contributed by atoms with Crippen LogP contribution in [0.2, 0.25) is 0 Å². The van der Waals surface area contributed by atoms with E-state index < -0.39 is 0 Å². The van der Waals surface area contributed by atoms with E-state index in [-0.39, 0.29) is 18.4 Å². The van der Waals surface area contributed by atoms with Crippen molar-refractivity contribution in [3.05, 3.63) is 28.8 Å². The lowest BCUT2D eigenvalue weighted by Crippen LogP contribution is -2.43. The molecule has 0 spiro atoms. The lowest BCUT2D eigenvalue weighted by Gasteiger charge is -2.39. The van der Waals surface area contributed by atoms with Crippen molar-refractivity contribution in [3.63, 3.8) is 0 Å². The zero-order valence-corrected chi connectivity index (χ0v) is 12.3. The van der Waals surface area contributed by atoms with Gasteiger partial charge in [-0.25, -0.2) is 0 Å². The van der Waals surface area contributed by atoms with E-state index in [1.165, 1.54) is 23.1 Å². The van der Waals surface area contributed by atoms with Crippen LogP contribution in [0, 0.1) is 0 Å². The summed E-state index contributed by atoms with van der Waals surface area (Å²) in [6.07, 6.45) is 3.41. The molecule has 1 aliphatic carbocycles. The van der Waals surface area contributed by atoms with E-state index in [0.717, 1.165) is 25.1 Å². The molecular formula is C14H20ClN3O2. The highest BCUT2D eigenvalue weighted by Gasteiger charge is 2.32. The molecule has 2 aliphatic rings. The minimum Gasteiger partial charge on any atom is -0.496 e. The van der Waals surface area contributed by atoms with Gasteiger partial charge in [0.15, 0.2) is 0 Å². The Bertz CT molecular complexity index is 533. The number of methoxy groups -OCH3 is 1. The van der Waals surface area contributed by atoms with Crippen LogP contribution in [0.3, 0.4) is 0 Å². The third-order valence-corrected chi connectivity index (χ3v) is 4.24. The predicted octanol–water partition coefficient (Wildman–Crippen LogP) is 2.06. The molecule has 3 rings (SSSR count). The zero-order chi connectivity index (χ0) is 13.4. The monoisotopic (exact) mass is 297 g/mol. The smallest absolute Gasteiger partial charge is 0.233 e. The quantitative estimate of drug-likeness (QED) is 0.360. The van der Waals surface area contributed by atoms with Gasteiger partial charge in [0.1, 0.15) is 5.75 Å². The van der Waals surface area contributed by atoms with E-state index in [9.17, 15) is 0 Å². The lowest BCUT2D eigenvalue weighted by molar-refractivity contribution is 0.277. The first kappa shape index (κ1) is 14.8. The second-order valence-corrected chi connectivity index (χ2v) is 5.25. The molecule has 1 unspecified atom stereocenters. The Morgan fingerprint density at radius 1 is 1.50 bits per heavy atom. The minimum atomic E-state index is 0. The maximum absolute atomic E-state index is 8.85. The Kier molecular flexibility index (Phi) is 4.28. The van der Waals surface area contributed by atoms with Crippen molar-refractivity contribution >= 4 is 18.4 Å². The molecule has 0 saturated heterocycles. The molecule has 3 N–H and O–H groups in total. The normalized spacial score (nSPS) is 20.9. The predicted molar refractivity (Wildman–Crippen MR) is 79.7 cm³/mol. The van der Waals surface area contributed by atoms with E-state index in [0.29, 0.717) is 12.5 Å². The first-order chi connectivity index (χ1) is 9.24. The molecule has 0 radical (unpaired) electrons. The molecule has 20 heavy (non-hydrogen) atoms. The van der Waals surface area contributed by atoms with Gasteiger partial charge in [-0.15, -0.1) is 12.4 Å². The van der Waals surface area contributed by atoms with Crippen molar-refractivity contribution in [1.82, 2.24) is 4.90 Å². The third kappa shape index (κ3) is 2.26. The first-order valence-corrected chi connectivity index (χ1v) is 6.65. The molecule has 1 aromatic carbocycles. The number of halogens is 1. The van der Waals surface area contributed by atoms with Crippen LogP contribution in [0.1, 0.15) is 35.4 Å². The van der Waals surface area contributed by atoms with Crippen molar-refractivity contribution in [2.45, 2.75) is 31.7 Å². The van der Waals surface area contributed by atoms with Gasteiger partial charge in [-0.05, 0) is 42.0 Å². The van der Waals surface area contributed by atoms with Crippen LogP contribution >= 0.6 is 12.4 Å². The van der Waals surface area contributed by atoms with E-state index in [1.807, 2.05) is 11.0 Å². The van der Waals surface area contributed by atoms with Gasteiger partial charge in [-0.2, -0.15) is 0 Å². The number of benzene rings is 1. The number of ether oxygens (including phenoxy) is 1.